The maximum absolute atomic E-state index is 14.2. The Morgan fingerprint density at radius 2 is 1.66 bits per heavy atom. The Morgan fingerprint density at radius 3 is 2.24 bits per heavy atom. The molecule has 1 unspecified atom stereocenters. The molecule has 2 saturated carbocycles. The molecule has 228 valence electrons. The number of nitrogens with zero attached hydrogens (tertiary/aromatic N) is 1. The highest BCUT2D eigenvalue weighted by Gasteiger charge is 2.69. The summed E-state index contributed by atoms with van der Waals surface area (Å²) in [5.41, 5.74) is -0.616. The third kappa shape index (κ3) is 7.77. The number of rotatable bonds is 12. The van der Waals surface area contributed by atoms with Gasteiger partial charge in [0.1, 0.15) is 12.1 Å². The van der Waals surface area contributed by atoms with Crippen LogP contribution in [0, 0.1) is 23.2 Å². The van der Waals surface area contributed by atoms with Gasteiger partial charge in [-0.1, -0.05) is 45.3 Å². The van der Waals surface area contributed by atoms with Crippen LogP contribution < -0.4 is 21.3 Å². The summed E-state index contributed by atoms with van der Waals surface area (Å²) in [6.45, 7) is 17.6. The molecule has 0 aromatic carbocycles. The Kier molecular flexibility index (Phi) is 10.4. The first-order chi connectivity index (χ1) is 19.2. The van der Waals surface area contributed by atoms with Gasteiger partial charge in [-0.25, -0.2) is 4.79 Å². The van der Waals surface area contributed by atoms with Crippen LogP contribution >= 0.6 is 0 Å². The van der Waals surface area contributed by atoms with Gasteiger partial charge >= 0.3 is 6.03 Å². The molecule has 1 aliphatic heterocycles. The molecule has 10 heteroatoms. The average Bonchev–Trinajstić information content (AvgIpc) is 3.23. The van der Waals surface area contributed by atoms with E-state index >= 15 is 0 Å². The molecule has 41 heavy (non-hydrogen) atoms. The Morgan fingerprint density at radius 1 is 1.00 bits per heavy atom. The largest absolute Gasteiger partial charge is 0.346 e. The highest BCUT2D eigenvalue weighted by Crippen LogP contribution is 2.65. The lowest BCUT2D eigenvalue weighted by Gasteiger charge is -2.37. The molecule has 0 radical (unpaired) electrons. The number of urea groups is 1. The summed E-state index contributed by atoms with van der Waals surface area (Å²) in [6, 6.07) is -3.01. The molecule has 0 aromatic rings. The van der Waals surface area contributed by atoms with E-state index in [-0.39, 0.29) is 42.0 Å². The van der Waals surface area contributed by atoms with E-state index in [0.29, 0.717) is 13.0 Å². The highest BCUT2D eigenvalue weighted by molar-refractivity contribution is 6.38. The van der Waals surface area contributed by atoms with Crippen LogP contribution in [-0.4, -0.2) is 71.2 Å². The molecular weight excluding hydrogens is 522 g/mol. The van der Waals surface area contributed by atoms with E-state index in [1.807, 2.05) is 20.8 Å². The van der Waals surface area contributed by atoms with E-state index < -0.39 is 47.3 Å². The molecule has 2 aliphatic carbocycles. The summed E-state index contributed by atoms with van der Waals surface area (Å²) < 4.78 is 0. The molecule has 4 N–H and O–H groups in total. The second kappa shape index (κ2) is 13.2. The minimum Gasteiger partial charge on any atom is -0.346 e. The van der Waals surface area contributed by atoms with Gasteiger partial charge in [0.15, 0.2) is 0 Å². The zero-order chi connectivity index (χ0) is 30.5. The molecule has 0 bridgehead atoms. The van der Waals surface area contributed by atoms with E-state index in [4.69, 9.17) is 0 Å². The Bertz CT molecular complexity index is 1040. The van der Waals surface area contributed by atoms with Gasteiger partial charge < -0.3 is 26.2 Å². The predicted octanol–water partition coefficient (Wildman–Crippen LogP) is 2.84. The zero-order valence-electron chi connectivity index (χ0n) is 25.4. The topological polar surface area (TPSA) is 137 Å². The number of fused-ring (bicyclic) bond motifs is 1. The molecule has 1 heterocycles. The van der Waals surface area contributed by atoms with Crippen molar-refractivity contribution in [1.82, 2.24) is 26.2 Å². The molecule has 3 rings (SSSR count). The van der Waals surface area contributed by atoms with Crippen LogP contribution in [0.25, 0.3) is 0 Å². The van der Waals surface area contributed by atoms with Crippen molar-refractivity contribution in [3.05, 3.63) is 25.3 Å². The first-order valence-electron chi connectivity index (χ1n) is 15.0. The molecule has 10 nitrogen and oxygen atoms in total. The van der Waals surface area contributed by atoms with Crippen LogP contribution in [0.2, 0.25) is 0 Å². The molecule has 0 aromatic heterocycles. The number of hydrogen-bond donors (Lipinski definition) is 4. The van der Waals surface area contributed by atoms with E-state index in [9.17, 15) is 24.0 Å². The summed E-state index contributed by atoms with van der Waals surface area (Å²) in [5, 5.41) is 11.1. The Labute approximate surface area is 244 Å². The van der Waals surface area contributed by atoms with Gasteiger partial charge in [0.25, 0.3) is 5.91 Å². The van der Waals surface area contributed by atoms with Crippen molar-refractivity contribution >= 4 is 29.5 Å². The Hall–Kier alpha value is -3.17. The van der Waals surface area contributed by atoms with E-state index in [0.717, 1.165) is 32.1 Å². The van der Waals surface area contributed by atoms with Crippen molar-refractivity contribution in [2.45, 2.75) is 103 Å². The SMILES string of the molecule is C=CCCC(NC(=O)[C@@H]1[C@H]2[C@@H](CN1C(=O)[C@@H](NC(=O)NC(C)(C)C)C1CCCCC1)C2(C)C)C(=O)C(=O)NCC=C. The first-order valence-corrected chi connectivity index (χ1v) is 15.0. The van der Waals surface area contributed by atoms with Gasteiger partial charge in [-0.2, -0.15) is 0 Å². The fourth-order valence-electron chi connectivity index (χ4n) is 6.58. The number of piperidine rings is 1. The second-order valence-corrected chi connectivity index (χ2v) is 13.4. The lowest BCUT2D eigenvalue weighted by molar-refractivity contribution is -0.144. The van der Waals surface area contributed by atoms with Gasteiger partial charge in [-0.3, -0.25) is 19.2 Å². The van der Waals surface area contributed by atoms with Gasteiger partial charge in [-0.15, -0.1) is 13.2 Å². The number of ketones is 1. The molecular formula is C31H49N5O5. The van der Waals surface area contributed by atoms with Gasteiger partial charge in [0.05, 0.1) is 6.04 Å². The zero-order valence-corrected chi connectivity index (χ0v) is 25.4. The lowest BCUT2D eigenvalue weighted by atomic mass is 9.83. The fraction of sp³-hybridized carbons (Fsp3) is 0.710. The van der Waals surface area contributed by atoms with Gasteiger partial charge in [0, 0.05) is 18.6 Å². The quantitative estimate of drug-likeness (QED) is 0.211. The number of carbonyl (C=O) groups is 5. The minimum atomic E-state index is -1.05. The molecule has 3 aliphatic rings. The maximum Gasteiger partial charge on any atom is 0.315 e. The van der Waals surface area contributed by atoms with Crippen LogP contribution in [-0.2, 0) is 19.2 Å². The van der Waals surface area contributed by atoms with Crippen LogP contribution in [0.1, 0.15) is 79.6 Å². The van der Waals surface area contributed by atoms with Crippen LogP contribution in [0.5, 0.6) is 0 Å². The summed E-state index contributed by atoms with van der Waals surface area (Å²) in [4.78, 5) is 68.0. The van der Waals surface area contributed by atoms with Crippen molar-refractivity contribution < 1.29 is 24.0 Å². The summed E-state index contributed by atoms with van der Waals surface area (Å²) in [6.07, 6.45) is 8.46. The number of amides is 5. The van der Waals surface area contributed by atoms with E-state index in [1.54, 1.807) is 11.0 Å². The summed E-state index contributed by atoms with van der Waals surface area (Å²) >= 11 is 0. The number of carbonyl (C=O) groups excluding carboxylic acids is 5. The van der Waals surface area contributed by atoms with Crippen LogP contribution in [0.15, 0.2) is 25.3 Å². The average molecular weight is 572 g/mol. The molecule has 5 amide bonds. The number of nitrogens with one attached hydrogen (secondary N) is 4. The summed E-state index contributed by atoms with van der Waals surface area (Å²) in [5.74, 6) is -2.22. The number of hydrogen-bond acceptors (Lipinski definition) is 5. The summed E-state index contributed by atoms with van der Waals surface area (Å²) in [7, 11) is 0. The van der Waals surface area contributed by atoms with Crippen molar-refractivity contribution in [2.75, 3.05) is 13.1 Å². The molecule has 0 spiro atoms. The predicted molar refractivity (Wildman–Crippen MR) is 158 cm³/mol. The fourth-order valence-corrected chi connectivity index (χ4v) is 6.58. The smallest absolute Gasteiger partial charge is 0.315 e. The molecule has 3 fully saturated rings. The minimum absolute atomic E-state index is 0.0221. The van der Waals surface area contributed by atoms with Crippen molar-refractivity contribution in [3.8, 4) is 0 Å². The second-order valence-electron chi connectivity index (χ2n) is 13.4. The molecule has 1 saturated heterocycles. The normalized spacial score (nSPS) is 24.7. The third-order valence-electron chi connectivity index (χ3n) is 8.85. The van der Waals surface area contributed by atoms with Crippen LogP contribution in [0.4, 0.5) is 4.79 Å². The first kappa shape index (κ1) is 32.3. The van der Waals surface area contributed by atoms with E-state index in [1.165, 1.54) is 6.08 Å². The van der Waals surface area contributed by atoms with Crippen molar-refractivity contribution in [3.63, 3.8) is 0 Å². The Balaban J connectivity index is 1.85. The molecule has 5 atom stereocenters. The number of likely N-dealkylation sites (tertiary alicyclic amines) is 1. The standard InChI is InChI=1S/C31H49N5O5/c1-8-10-16-21(25(37)27(39)32-17-9-2)33-26(38)24-22-20(31(22,6)7)18-36(24)28(40)23(19-14-12-11-13-15-19)34-29(41)35-30(3,4)5/h8-9,19-24H,1-2,10-18H2,3-7H3,(H,32,39)(H,33,38)(H2,34,35,41)/t20-,21?,22-,23+,24+/m1/s1. The van der Waals surface area contributed by atoms with Gasteiger partial charge in [0.2, 0.25) is 17.6 Å². The van der Waals surface area contributed by atoms with Crippen molar-refractivity contribution in [2.24, 2.45) is 23.2 Å². The highest BCUT2D eigenvalue weighted by atomic mass is 16.2. The monoisotopic (exact) mass is 571 g/mol. The number of Topliss-reactive ketones (excluding diaryl/α,β-unsaturated/α-hetero) is 1. The van der Waals surface area contributed by atoms with Gasteiger partial charge in [-0.05, 0) is 69.6 Å². The van der Waals surface area contributed by atoms with Crippen molar-refractivity contribution in [1.29, 1.82) is 0 Å². The lowest BCUT2D eigenvalue weighted by Crippen LogP contribution is -2.61. The number of allylic oxidation sites excluding steroid dienone is 1. The van der Waals surface area contributed by atoms with Crippen LogP contribution in [0.3, 0.4) is 0 Å². The third-order valence-corrected chi connectivity index (χ3v) is 8.85. The maximum atomic E-state index is 14.2. The van der Waals surface area contributed by atoms with E-state index in [2.05, 4.69) is 48.3 Å².